The molecule has 98 valence electrons. The topological polar surface area (TPSA) is 82.1 Å². The predicted molar refractivity (Wildman–Crippen MR) is 72.0 cm³/mol. The molecule has 0 radical (unpaired) electrons. The van der Waals surface area contributed by atoms with Crippen molar-refractivity contribution in [2.24, 2.45) is 5.73 Å². The van der Waals surface area contributed by atoms with Gasteiger partial charge in [0.05, 0.1) is 0 Å². The number of nitrogen functional groups attached to an aromatic ring is 1. The summed E-state index contributed by atoms with van der Waals surface area (Å²) < 4.78 is 0. The summed E-state index contributed by atoms with van der Waals surface area (Å²) in [7, 11) is 4.20. The molecule has 1 unspecified atom stereocenters. The predicted octanol–water partition coefficient (Wildman–Crippen LogP) is 0.291. The first kappa shape index (κ1) is 12.8. The van der Waals surface area contributed by atoms with Gasteiger partial charge in [0.25, 0.3) is 0 Å². The maximum absolute atomic E-state index is 7.41. The number of nitrogens with two attached hydrogens (primary N) is 1. The molecule has 0 saturated carbocycles. The van der Waals surface area contributed by atoms with Crippen molar-refractivity contribution >= 4 is 11.8 Å². The monoisotopic (exact) mass is 248 g/mol. The maximum Gasteiger partial charge on any atom is 0.226 e. The third kappa shape index (κ3) is 2.76. The van der Waals surface area contributed by atoms with Crippen LogP contribution >= 0.6 is 0 Å². The van der Waals surface area contributed by atoms with E-state index in [2.05, 4.69) is 33.9 Å². The van der Waals surface area contributed by atoms with Crippen LogP contribution in [-0.4, -0.2) is 53.9 Å². The Hall–Kier alpha value is -1.69. The Morgan fingerprint density at radius 1 is 1.56 bits per heavy atom. The van der Waals surface area contributed by atoms with Crippen molar-refractivity contribution in [3.63, 3.8) is 0 Å². The van der Waals surface area contributed by atoms with Crippen LogP contribution in [-0.2, 0) is 0 Å². The van der Waals surface area contributed by atoms with E-state index in [1.807, 2.05) is 0 Å². The average molecular weight is 248 g/mol. The van der Waals surface area contributed by atoms with E-state index < -0.39 is 0 Å². The van der Waals surface area contributed by atoms with Crippen molar-refractivity contribution in [3.05, 3.63) is 18.0 Å². The minimum Gasteiger partial charge on any atom is -0.382 e. The van der Waals surface area contributed by atoms with Crippen molar-refractivity contribution in [1.29, 1.82) is 5.41 Å². The number of amidine groups is 1. The number of anilines is 1. The van der Waals surface area contributed by atoms with Gasteiger partial charge in [0.15, 0.2) is 0 Å². The number of likely N-dealkylation sites (N-methyl/N-ethyl adjacent to an activating group) is 1. The molecule has 0 aromatic carbocycles. The van der Waals surface area contributed by atoms with E-state index in [0.29, 0.717) is 17.7 Å². The molecule has 1 aromatic rings. The second-order valence-electron chi connectivity index (χ2n) is 4.86. The summed E-state index contributed by atoms with van der Waals surface area (Å²) in [6.07, 6.45) is 4.00. The average Bonchev–Trinajstić information content (AvgIpc) is 2.39. The molecule has 6 heteroatoms. The Morgan fingerprint density at radius 3 is 3.00 bits per heavy atom. The van der Waals surface area contributed by atoms with Crippen LogP contribution in [0.15, 0.2) is 12.3 Å². The van der Waals surface area contributed by atoms with Gasteiger partial charge in [0.1, 0.15) is 11.5 Å². The molecule has 1 fully saturated rings. The van der Waals surface area contributed by atoms with E-state index in [9.17, 15) is 0 Å². The molecular weight excluding hydrogens is 228 g/mol. The molecular formula is C12H20N6. The summed E-state index contributed by atoms with van der Waals surface area (Å²) in [5, 5.41) is 7.41. The molecule has 1 aliphatic heterocycles. The van der Waals surface area contributed by atoms with Crippen molar-refractivity contribution < 1.29 is 0 Å². The molecule has 1 aromatic heterocycles. The Bertz CT molecular complexity index is 430. The molecule has 1 atom stereocenters. The summed E-state index contributed by atoms with van der Waals surface area (Å²) in [5.41, 5.74) is 5.95. The number of piperidine rings is 1. The SMILES string of the molecule is CN(C)C1CCCN(c2nccc(C(=N)N)n2)C1. The molecule has 2 rings (SSSR count). The highest BCUT2D eigenvalue weighted by Crippen LogP contribution is 2.18. The fraction of sp³-hybridized carbons (Fsp3) is 0.583. The fourth-order valence-corrected chi connectivity index (χ4v) is 2.21. The number of nitrogens with one attached hydrogen (secondary N) is 1. The number of aromatic nitrogens is 2. The van der Waals surface area contributed by atoms with Crippen molar-refractivity contribution in [3.8, 4) is 0 Å². The van der Waals surface area contributed by atoms with E-state index in [1.165, 1.54) is 6.42 Å². The van der Waals surface area contributed by atoms with Crippen LogP contribution in [0.5, 0.6) is 0 Å². The molecule has 0 amide bonds. The molecule has 6 nitrogen and oxygen atoms in total. The van der Waals surface area contributed by atoms with E-state index in [4.69, 9.17) is 11.1 Å². The van der Waals surface area contributed by atoms with Gasteiger partial charge in [-0.3, -0.25) is 5.41 Å². The van der Waals surface area contributed by atoms with E-state index in [1.54, 1.807) is 12.3 Å². The number of rotatable bonds is 3. The first-order valence-electron chi connectivity index (χ1n) is 6.16. The molecule has 1 aliphatic rings. The van der Waals surface area contributed by atoms with Gasteiger partial charge in [0, 0.05) is 25.3 Å². The summed E-state index contributed by atoms with van der Waals surface area (Å²) in [6, 6.07) is 2.20. The van der Waals surface area contributed by atoms with Crippen LogP contribution in [0.4, 0.5) is 5.95 Å². The first-order valence-corrected chi connectivity index (χ1v) is 6.16. The standard InChI is InChI=1S/C12H20N6/c1-17(2)9-4-3-7-18(8-9)12-15-6-5-10(16-12)11(13)14/h5-6,9H,3-4,7-8H2,1-2H3,(H3,13,14). The van der Waals surface area contributed by atoms with E-state index in [-0.39, 0.29) is 5.84 Å². The van der Waals surface area contributed by atoms with Crippen LogP contribution in [0.1, 0.15) is 18.5 Å². The van der Waals surface area contributed by atoms with E-state index in [0.717, 1.165) is 19.5 Å². The maximum atomic E-state index is 7.41. The van der Waals surface area contributed by atoms with Crippen molar-refractivity contribution in [2.45, 2.75) is 18.9 Å². The Kier molecular flexibility index (Phi) is 3.76. The van der Waals surface area contributed by atoms with Gasteiger partial charge in [-0.05, 0) is 33.0 Å². The lowest BCUT2D eigenvalue weighted by molar-refractivity contribution is 0.257. The first-order chi connectivity index (χ1) is 8.58. The second-order valence-corrected chi connectivity index (χ2v) is 4.86. The van der Waals surface area contributed by atoms with Crippen LogP contribution in [0.2, 0.25) is 0 Å². The summed E-state index contributed by atoms with van der Waals surface area (Å²) in [5.74, 6) is 0.661. The summed E-state index contributed by atoms with van der Waals surface area (Å²) in [4.78, 5) is 13.0. The van der Waals surface area contributed by atoms with Crippen molar-refractivity contribution in [1.82, 2.24) is 14.9 Å². The van der Waals surface area contributed by atoms with Crippen LogP contribution in [0.25, 0.3) is 0 Å². The van der Waals surface area contributed by atoms with Crippen LogP contribution < -0.4 is 10.6 Å². The fourth-order valence-electron chi connectivity index (χ4n) is 2.21. The second kappa shape index (κ2) is 5.30. The highest BCUT2D eigenvalue weighted by atomic mass is 15.3. The minimum absolute atomic E-state index is 0.0141. The molecule has 0 bridgehead atoms. The number of hydrogen-bond acceptors (Lipinski definition) is 5. The smallest absolute Gasteiger partial charge is 0.226 e. The Labute approximate surface area is 107 Å². The Morgan fingerprint density at radius 2 is 2.33 bits per heavy atom. The largest absolute Gasteiger partial charge is 0.382 e. The zero-order valence-corrected chi connectivity index (χ0v) is 10.9. The minimum atomic E-state index is -0.0141. The van der Waals surface area contributed by atoms with Gasteiger partial charge in [-0.2, -0.15) is 0 Å². The summed E-state index contributed by atoms with van der Waals surface area (Å²) >= 11 is 0. The lowest BCUT2D eigenvalue weighted by Crippen LogP contribution is -2.45. The lowest BCUT2D eigenvalue weighted by Gasteiger charge is -2.36. The zero-order valence-electron chi connectivity index (χ0n) is 10.9. The van der Waals surface area contributed by atoms with Gasteiger partial charge in [0.2, 0.25) is 5.95 Å². The van der Waals surface area contributed by atoms with Crippen LogP contribution in [0, 0.1) is 5.41 Å². The Balaban J connectivity index is 2.15. The normalized spacial score (nSPS) is 20.2. The molecule has 1 saturated heterocycles. The van der Waals surface area contributed by atoms with Gasteiger partial charge >= 0.3 is 0 Å². The highest BCUT2D eigenvalue weighted by Gasteiger charge is 2.23. The summed E-state index contributed by atoms with van der Waals surface area (Å²) in [6.45, 7) is 1.89. The molecule has 2 heterocycles. The van der Waals surface area contributed by atoms with E-state index >= 15 is 0 Å². The zero-order chi connectivity index (χ0) is 13.1. The molecule has 0 spiro atoms. The van der Waals surface area contributed by atoms with Crippen molar-refractivity contribution in [2.75, 3.05) is 32.1 Å². The van der Waals surface area contributed by atoms with Crippen LogP contribution in [0.3, 0.4) is 0 Å². The van der Waals surface area contributed by atoms with Gasteiger partial charge < -0.3 is 15.5 Å². The number of hydrogen-bond donors (Lipinski definition) is 2. The molecule has 3 N–H and O–H groups in total. The quantitative estimate of drug-likeness (QED) is 0.593. The third-order valence-corrected chi connectivity index (χ3v) is 3.33. The lowest BCUT2D eigenvalue weighted by atomic mass is 10.1. The molecule has 18 heavy (non-hydrogen) atoms. The van der Waals surface area contributed by atoms with Gasteiger partial charge in [-0.25, -0.2) is 9.97 Å². The highest BCUT2D eigenvalue weighted by molar-refractivity contribution is 5.93. The number of nitrogens with zero attached hydrogens (tertiary/aromatic N) is 4. The van der Waals surface area contributed by atoms with Gasteiger partial charge in [-0.15, -0.1) is 0 Å². The molecule has 0 aliphatic carbocycles. The third-order valence-electron chi connectivity index (χ3n) is 3.33. The van der Waals surface area contributed by atoms with Gasteiger partial charge in [-0.1, -0.05) is 0 Å².